The second kappa shape index (κ2) is 5.85. The zero-order chi connectivity index (χ0) is 14.5. The van der Waals surface area contributed by atoms with Crippen molar-refractivity contribution in [1.29, 1.82) is 5.26 Å². The van der Waals surface area contributed by atoms with E-state index in [0.717, 1.165) is 0 Å². The average molecular weight is 268 g/mol. The number of aldehydes is 1. The van der Waals surface area contributed by atoms with Crippen molar-refractivity contribution in [2.75, 3.05) is 6.61 Å². The summed E-state index contributed by atoms with van der Waals surface area (Å²) in [5.74, 6) is -0.388. The first-order chi connectivity index (χ1) is 9.69. The molecule has 1 aromatic heterocycles. The zero-order valence-electron chi connectivity index (χ0n) is 10.9. The van der Waals surface area contributed by atoms with E-state index < -0.39 is 0 Å². The molecule has 2 rings (SSSR count). The van der Waals surface area contributed by atoms with Crippen molar-refractivity contribution >= 4 is 12.3 Å². The summed E-state index contributed by atoms with van der Waals surface area (Å²) in [5, 5.41) is 9.04. The highest BCUT2D eigenvalue weighted by atomic mass is 16.5. The molecule has 0 fully saturated rings. The van der Waals surface area contributed by atoms with Crippen LogP contribution in [0.4, 0.5) is 0 Å². The first-order valence-electron chi connectivity index (χ1n) is 6.04. The molecule has 5 nitrogen and oxygen atoms in total. The van der Waals surface area contributed by atoms with Crippen LogP contribution in [0.2, 0.25) is 0 Å². The number of hydrogen-bond donors (Lipinski definition) is 0. The molecule has 0 saturated heterocycles. The Balaban J connectivity index is 2.35. The molecule has 0 N–H and O–H groups in total. The van der Waals surface area contributed by atoms with Gasteiger partial charge >= 0.3 is 5.97 Å². The SMILES string of the molecule is CCOC(=O)c1ccc(-n2cc(C=O)cc2C#N)cc1. The van der Waals surface area contributed by atoms with Crippen molar-refractivity contribution in [2.45, 2.75) is 6.92 Å². The van der Waals surface area contributed by atoms with Crippen molar-refractivity contribution in [3.63, 3.8) is 0 Å². The summed E-state index contributed by atoms with van der Waals surface area (Å²) in [4.78, 5) is 22.3. The Morgan fingerprint density at radius 1 is 1.40 bits per heavy atom. The van der Waals surface area contributed by atoms with Gasteiger partial charge in [0.05, 0.1) is 12.2 Å². The highest BCUT2D eigenvalue weighted by Gasteiger charge is 2.09. The lowest BCUT2D eigenvalue weighted by Gasteiger charge is -2.06. The molecular weight excluding hydrogens is 256 g/mol. The maximum absolute atomic E-state index is 11.5. The van der Waals surface area contributed by atoms with Gasteiger partial charge in [-0.05, 0) is 37.3 Å². The standard InChI is InChI=1S/C15H12N2O3/c1-2-20-15(19)12-3-5-13(6-4-12)17-9-11(10-18)7-14(17)8-16/h3-7,9-10H,2H2,1H3. The molecule has 5 heteroatoms. The Kier molecular flexibility index (Phi) is 3.96. The summed E-state index contributed by atoms with van der Waals surface area (Å²) in [5.41, 5.74) is 1.92. The first-order valence-corrected chi connectivity index (χ1v) is 6.04. The van der Waals surface area contributed by atoms with Crippen LogP contribution in [0.15, 0.2) is 36.5 Å². The van der Waals surface area contributed by atoms with Gasteiger partial charge < -0.3 is 9.30 Å². The number of esters is 1. The van der Waals surface area contributed by atoms with Crippen LogP contribution >= 0.6 is 0 Å². The van der Waals surface area contributed by atoms with Crippen molar-refractivity contribution in [3.8, 4) is 11.8 Å². The van der Waals surface area contributed by atoms with Crippen LogP contribution in [0.1, 0.15) is 33.3 Å². The van der Waals surface area contributed by atoms with Crippen molar-refractivity contribution in [3.05, 3.63) is 53.3 Å². The minimum atomic E-state index is -0.388. The molecule has 1 heterocycles. The molecule has 0 saturated carbocycles. The van der Waals surface area contributed by atoms with Gasteiger partial charge in [0, 0.05) is 17.4 Å². The number of aromatic nitrogens is 1. The van der Waals surface area contributed by atoms with Gasteiger partial charge in [-0.25, -0.2) is 4.79 Å². The third-order valence-corrected chi connectivity index (χ3v) is 2.75. The molecule has 0 aliphatic carbocycles. The smallest absolute Gasteiger partial charge is 0.338 e. The molecule has 0 aliphatic rings. The summed E-state index contributed by atoms with van der Waals surface area (Å²) in [7, 11) is 0. The van der Waals surface area contributed by atoms with Crippen molar-refractivity contribution in [1.82, 2.24) is 4.57 Å². The normalized spacial score (nSPS) is 9.80. The van der Waals surface area contributed by atoms with Gasteiger partial charge in [-0.15, -0.1) is 0 Å². The number of carbonyl (C=O) groups is 2. The van der Waals surface area contributed by atoms with Gasteiger partial charge in [0.25, 0.3) is 0 Å². The number of hydrogen-bond acceptors (Lipinski definition) is 4. The highest BCUT2D eigenvalue weighted by Crippen LogP contribution is 2.16. The second-order valence-electron chi connectivity index (χ2n) is 4.03. The number of nitrogens with zero attached hydrogens (tertiary/aromatic N) is 2. The maximum atomic E-state index is 11.5. The molecule has 20 heavy (non-hydrogen) atoms. The lowest BCUT2D eigenvalue weighted by Crippen LogP contribution is -2.05. The highest BCUT2D eigenvalue weighted by molar-refractivity contribution is 5.89. The quantitative estimate of drug-likeness (QED) is 0.630. The van der Waals surface area contributed by atoms with Crippen LogP contribution in [-0.4, -0.2) is 23.4 Å². The lowest BCUT2D eigenvalue weighted by molar-refractivity contribution is 0.0526. The summed E-state index contributed by atoms with van der Waals surface area (Å²) < 4.78 is 6.49. The predicted molar refractivity (Wildman–Crippen MR) is 71.8 cm³/mol. The molecule has 2 aromatic rings. The molecule has 1 aromatic carbocycles. The minimum absolute atomic E-state index is 0.319. The van der Waals surface area contributed by atoms with E-state index in [1.54, 1.807) is 42.0 Å². The van der Waals surface area contributed by atoms with Gasteiger partial charge in [-0.3, -0.25) is 4.79 Å². The monoisotopic (exact) mass is 268 g/mol. The maximum Gasteiger partial charge on any atom is 0.338 e. The molecule has 0 amide bonds. The fourth-order valence-electron chi connectivity index (χ4n) is 1.82. The van der Waals surface area contributed by atoms with E-state index >= 15 is 0 Å². The van der Waals surface area contributed by atoms with Gasteiger partial charge in [0.15, 0.2) is 6.29 Å². The summed E-state index contributed by atoms with van der Waals surface area (Å²) in [6.45, 7) is 2.06. The van der Waals surface area contributed by atoms with E-state index in [4.69, 9.17) is 10.00 Å². The first kappa shape index (κ1) is 13.6. The number of nitriles is 1. The Morgan fingerprint density at radius 3 is 2.65 bits per heavy atom. The van der Waals surface area contributed by atoms with E-state index in [1.165, 1.54) is 6.07 Å². The molecular formula is C15H12N2O3. The third-order valence-electron chi connectivity index (χ3n) is 2.75. The second-order valence-corrected chi connectivity index (χ2v) is 4.03. The van der Waals surface area contributed by atoms with Gasteiger partial charge in [-0.1, -0.05) is 0 Å². The number of ether oxygens (including phenoxy) is 1. The van der Waals surface area contributed by atoms with Crippen LogP contribution in [-0.2, 0) is 4.74 Å². The van der Waals surface area contributed by atoms with E-state index in [9.17, 15) is 9.59 Å². The van der Waals surface area contributed by atoms with Crippen molar-refractivity contribution in [2.24, 2.45) is 0 Å². The van der Waals surface area contributed by atoms with Crippen LogP contribution in [0, 0.1) is 11.3 Å². The van der Waals surface area contributed by atoms with E-state index in [-0.39, 0.29) is 5.97 Å². The van der Waals surface area contributed by atoms with E-state index in [2.05, 4.69) is 0 Å². The third kappa shape index (κ3) is 2.59. The topological polar surface area (TPSA) is 72.1 Å². The van der Waals surface area contributed by atoms with Crippen LogP contribution < -0.4 is 0 Å². The Hall–Kier alpha value is -2.87. The molecule has 0 unspecified atom stereocenters. The van der Waals surface area contributed by atoms with Gasteiger partial charge in [0.1, 0.15) is 11.8 Å². The molecule has 100 valence electrons. The lowest BCUT2D eigenvalue weighted by atomic mass is 10.2. The molecule has 0 bridgehead atoms. The molecule has 0 aliphatic heterocycles. The van der Waals surface area contributed by atoms with Crippen LogP contribution in [0.5, 0.6) is 0 Å². The Morgan fingerprint density at radius 2 is 2.10 bits per heavy atom. The predicted octanol–water partition coefficient (Wildman–Crippen LogP) is 2.34. The molecule has 0 spiro atoms. The zero-order valence-corrected chi connectivity index (χ0v) is 10.9. The molecule has 0 atom stereocenters. The van der Waals surface area contributed by atoms with E-state index in [1.807, 2.05) is 6.07 Å². The fourth-order valence-corrected chi connectivity index (χ4v) is 1.82. The molecule has 0 radical (unpaired) electrons. The number of carbonyl (C=O) groups excluding carboxylic acids is 2. The Bertz CT molecular complexity index is 678. The number of rotatable bonds is 4. The number of benzene rings is 1. The van der Waals surface area contributed by atoms with Gasteiger partial charge in [-0.2, -0.15) is 5.26 Å². The average Bonchev–Trinajstić information content (AvgIpc) is 2.91. The van der Waals surface area contributed by atoms with Crippen LogP contribution in [0.25, 0.3) is 5.69 Å². The summed E-state index contributed by atoms with van der Waals surface area (Å²) >= 11 is 0. The van der Waals surface area contributed by atoms with Gasteiger partial charge in [0.2, 0.25) is 0 Å². The van der Waals surface area contributed by atoms with Crippen LogP contribution in [0.3, 0.4) is 0 Å². The summed E-state index contributed by atoms with van der Waals surface area (Å²) in [6.07, 6.45) is 2.26. The van der Waals surface area contributed by atoms with Crippen molar-refractivity contribution < 1.29 is 14.3 Å². The fraction of sp³-hybridized carbons (Fsp3) is 0.133. The Labute approximate surface area is 116 Å². The minimum Gasteiger partial charge on any atom is -0.462 e. The van der Waals surface area contributed by atoms with E-state index in [0.29, 0.717) is 35.4 Å². The largest absolute Gasteiger partial charge is 0.462 e. The summed E-state index contributed by atoms with van der Waals surface area (Å²) in [6, 6.07) is 10.2.